The highest BCUT2D eigenvalue weighted by Gasteiger charge is 2.37. The summed E-state index contributed by atoms with van der Waals surface area (Å²) >= 11 is 0. The van der Waals surface area contributed by atoms with E-state index in [0.717, 1.165) is 31.5 Å². The summed E-state index contributed by atoms with van der Waals surface area (Å²) in [5.41, 5.74) is 2.55. The first-order chi connectivity index (χ1) is 14.0. The van der Waals surface area contributed by atoms with E-state index in [1.54, 1.807) is 37.4 Å². The molecule has 1 aliphatic heterocycles. The van der Waals surface area contributed by atoms with E-state index in [2.05, 4.69) is 41.4 Å². The van der Waals surface area contributed by atoms with Crippen LogP contribution >= 0.6 is 0 Å². The molecule has 0 aliphatic carbocycles. The number of rotatable bonds is 7. The van der Waals surface area contributed by atoms with Gasteiger partial charge in [0.1, 0.15) is 6.61 Å². The third-order valence-corrected chi connectivity index (χ3v) is 5.46. The molecular formula is C24H28N2O3. The van der Waals surface area contributed by atoms with Gasteiger partial charge in [-0.3, -0.25) is 9.69 Å². The molecule has 1 N–H and O–H groups in total. The van der Waals surface area contributed by atoms with Gasteiger partial charge in [0.25, 0.3) is 5.91 Å². The van der Waals surface area contributed by atoms with Crippen molar-refractivity contribution in [2.24, 2.45) is 0 Å². The fourth-order valence-electron chi connectivity index (χ4n) is 3.64. The zero-order valence-electron chi connectivity index (χ0n) is 17.1. The Labute approximate surface area is 172 Å². The highest BCUT2D eigenvalue weighted by molar-refractivity contribution is 5.94. The fourth-order valence-corrected chi connectivity index (χ4v) is 3.64. The lowest BCUT2D eigenvalue weighted by atomic mass is 9.99. The molecule has 5 nitrogen and oxygen atoms in total. The second-order valence-corrected chi connectivity index (χ2v) is 7.65. The predicted octanol–water partition coefficient (Wildman–Crippen LogP) is 3.66. The second-order valence-electron chi connectivity index (χ2n) is 7.65. The molecule has 0 bridgehead atoms. The monoisotopic (exact) mass is 392 g/mol. The molecule has 1 atom stereocenters. The Bertz CT molecular complexity index is 861. The van der Waals surface area contributed by atoms with Crippen LogP contribution in [-0.4, -0.2) is 42.5 Å². The number of nitrogens with zero attached hydrogens (tertiary/aromatic N) is 1. The van der Waals surface area contributed by atoms with Gasteiger partial charge in [-0.1, -0.05) is 42.5 Å². The Morgan fingerprint density at radius 3 is 2.55 bits per heavy atom. The van der Waals surface area contributed by atoms with Crippen LogP contribution in [0.15, 0.2) is 60.7 Å². The van der Waals surface area contributed by atoms with Gasteiger partial charge in [0.15, 0.2) is 0 Å². The standard InChI is InChI=1S/C24H28N2O3/c1-24(15-6-16-26(24)17-20-7-4-3-5-8-20)18-29-22(27)14-11-19-9-12-21(13-10-19)23(28)25-2/h3-5,7-14H,6,15-18H2,1-2H3,(H,25,28)/b14-11+/t24-/m1/s1. The molecule has 0 unspecified atom stereocenters. The second kappa shape index (κ2) is 9.52. The van der Waals surface area contributed by atoms with Crippen molar-refractivity contribution in [3.8, 4) is 0 Å². The number of carbonyl (C=O) groups is 2. The number of hydrogen-bond acceptors (Lipinski definition) is 4. The maximum Gasteiger partial charge on any atom is 0.330 e. The number of esters is 1. The molecule has 5 heteroatoms. The van der Waals surface area contributed by atoms with Crippen LogP contribution < -0.4 is 5.32 Å². The first-order valence-electron chi connectivity index (χ1n) is 9.96. The van der Waals surface area contributed by atoms with Crippen molar-refractivity contribution in [2.45, 2.75) is 31.8 Å². The third kappa shape index (κ3) is 5.55. The molecule has 29 heavy (non-hydrogen) atoms. The van der Waals surface area contributed by atoms with Crippen LogP contribution in [0.4, 0.5) is 0 Å². The van der Waals surface area contributed by atoms with Crippen molar-refractivity contribution in [3.05, 3.63) is 77.4 Å². The van der Waals surface area contributed by atoms with Crippen molar-refractivity contribution in [2.75, 3.05) is 20.2 Å². The normalized spacial score (nSPS) is 19.4. The number of likely N-dealkylation sites (tertiary alicyclic amines) is 1. The molecule has 2 aromatic rings. The molecule has 3 rings (SSSR count). The third-order valence-electron chi connectivity index (χ3n) is 5.46. The molecule has 152 valence electrons. The molecule has 0 radical (unpaired) electrons. The molecule has 1 amide bonds. The number of amides is 1. The Balaban J connectivity index is 1.53. The molecular weight excluding hydrogens is 364 g/mol. The van der Waals surface area contributed by atoms with Crippen LogP contribution in [0, 0.1) is 0 Å². The zero-order chi connectivity index (χ0) is 20.7. The van der Waals surface area contributed by atoms with E-state index in [0.29, 0.717) is 12.2 Å². The van der Waals surface area contributed by atoms with Gasteiger partial charge in [-0.25, -0.2) is 4.79 Å². The largest absolute Gasteiger partial charge is 0.461 e. The quantitative estimate of drug-likeness (QED) is 0.577. The fraction of sp³-hybridized carbons (Fsp3) is 0.333. The van der Waals surface area contributed by atoms with Crippen molar-refractivity contribution >= 4 is 18.0 Å². The SMILES string of the molecule is CNC(=O)c1ccc(/C=C/C(=O)OC[C@@]2(C)CCCN2Cc2ccccc2)cc1. The topological polar surface area (TPSA) is 58.6 Å². The summed E-state index contributed by atoms with van der Waals surface area (Å²) in [4.78, 5) is 26.2. The number of benzene rings is 2. The van der Waals surface area contributed by atoms with Crippen LogP contribution in [0.1, 0.15) is 41.3 Å². The van der Waals surface area contributed by atoms with Gasteiger partial charge in [-0.2, -0.15) is 0 Å². The summed E-state index contributed by atoms with van der Waals surface area (Å²) in [6.07, 6.45) is 5.26. The predicted molar refractivity (Wildman–Crippen MR) is 114 cm³/mol. The van der Waals surface area contributed by atoms with Crippen molar-refractivity contribution in [1.82, 2.24) is 10.2 Å². The summed E-state index contributed by atoms with van der Waals surface area (Å²) in [7, 11) is 1.60. The number of nitrogens with one attached hydrogen (secondary N) is 1. The van der Waals surface area contributed by atoms with Crippen LogP contribution in [-0.2, 0) is 16.1 Å². The first kappa shape index (κ1) is 20.8. The van der Waals surface area contributed by atoms with Crippen LogP contribution in [0.25, 0.3) is 6.08 Å². The Hall–Kier alpha value is -2.92. The Kier molecular flexibility index (Phi) is 6.83. The van der Waals surface area contributed by atoms with Gasteiger partial charge in [0, 0.05) is 25.2 Å². The molecule has 2 aromatic carbocycles. The highest BCUT2D eigenvalue weighted by atomic mass is 16.5. The lowest BCUT2D eigenvalue weighted by Gasteiger charge is -2.34. The van der Waals surface area contributed by atoms with E-state index >= 15 is 0 Å². The van der Waals surface area contributed by atoms with E-state index in [-0.39, 0.29) is 17.4 Å². The van der Waals surface area contributed by atoms with Crippen LogP contribution in [0.2, 0.25) is 0 Å². The summed E-state index contributed by atoms with van der Waals surface area (Å²) in [6.45, 7) is 4.41. The molecule has 0 spiro atoms. The average molecular weight is 392 g/mol. The van der Waals surface area contributed by atoms with Gasteiger partial charge in [-0.15, -0.1) is 0 Å². The number of hydrogen-bond donors (Lipinski definition) is 1. The molecule has 0 aromatic heterocycles. The summed E-state index contributed by atoms with van der Waals surface area (Å²) in [6, 6.07) is 17.4. The maximum atomic E-state index is 12.2. The zero-order valence-corrected chi connectivity index (χ0v) is 17.1. The minimum absolute atomic E-state index is 0.134. The van der Waals surface area contributed by atoms with Crippen molar-refractivity contribution in [1.29, 1.82) is 0 Å². The molecule has 1 fully saturated rings. The van der Waals surface area contributed by atoms with E-state index in [1.165, 1.54) is 11.6 Å². The first-order valence-corrected chi connectivity index (χ1v) is 9.96. The van der Waals surface area contributed by atoms with Crippen molar-refractivity contribution in [3.63, 3.8) is 0 Å². The molecule has 1 aliphatic rings. The Morgan fingerprint density at radius 1 is 1.14 bits per heavy atom. The van der Waals surface area contributed by atoms with E-state index < -0.39 is 0 Å². The van der Waals surface area contributed by atoms with Crippen LogP contribution in [0.3, 0.4) is 0 Å². The smallest absolute Gasteiger partial charge is 0.330 e. The van der Waals surface area contributed by atoms with Crippen molar-refractivity contribution < 1.29 is 14.3 Å². The summed E-state index contributed by atoms with van der Waals surface area (Å²) in [5, 5.41) is 2.58. The number of ether oxygens (including phenoxy) is 1. The maximum absolute atomic E-state index is 12.2. The van der Waals surface area contributed by atoms with Gasteiger partial charge in [-0.05, 0) is 55.6 Å². The average Bonchev–Trinajstić information content (AvgIpc) is 3.11. The highest BCUT2D eigenvalue weighted by Crippen LogP contribution is 2.30. The lowest BCUT2D eigenvalue weighted by Crippen LogP contribution is -2.44. The van der Waals surface area contributed by atoms with Gasteiger partial charge >= 0.3 is 5.97 Å². The van der Waals surface area contributed by atoms with Gasteiger partial charge in [0.05, 0.1) is 5.54 Å². The van der Waals surface area contributed by atoms with E-state index in [1.807, 2.05) is 6.07 Å². The van der Waals surface area contributed by atoms with Gasteiger partial charge < -0.3 is 10.1 Å². The molecule has 1 heterocycles. The Morgan fingerprint density at radius 2 is 1.86 bits per heavy atom. The van der Waals surface area contributed by atoms with E-state index in [9.17, 15) is 9.59 Å². The minimum atomic E-state index is -0.354. The summed E-state index contributed by atoms with van der Waals surface area (Å²) < 4.78 is 5.57. The lowest BCUT2D eigenvalue weighted by molar-refractivity contribution is -0.141. The molecule has 0 saturated carbocycles. The number of carbonyl (C=O) groups excluding carboxylic acids is 2. The summed E-state index contributed by atoms with van der Waals surface area (Å²) in [5.74, 6) is -0.488. The van der Waals surface area contributed by atoms with Gasteiger partial charge in [0.2, 0.25) is 0 Å². The van der Waals surface area contributed by atoms with Crippen LogP contribution in [0.5, 0.6) is 0 Å². The molecule has 1 saturated heterocycles. The minimum Gasteiger partial charge on any atom is -0.461 e. The van der Waals surface area contributed by atoms with E-state index in [4.69, 9.17) is 4.74 Å².